The van der Waals surface area contributed by atoms with E-state index in [0.717, 1.165) is 30.1 Å². The Bertz CT molecular complexity index is 1100. The lowest BCUT2D eigenvalue weighted by Gasteiger charge is -2.36. The fourth-order valence-corrected chi connectivity index (χ4v) is 4.70. The lowest BCUT2D eigenvalue weighted by molar-refractivity contribution is -0.136. The standard InChI is InChI=1S/C23H23N5O4/c29-20-4-3-18(21(30)26-20)28-22(31)16-2-1-14(11-17(16)23(28)32)13-27-10-9-25-12-19(27)15-5-7-24-8-6-15/h1-2,5-8,11,18-19,25H,3-4,9-10,12-13H2,(H,26,29,30). The molecule has 5 rings (SSSR count). The van der Waals surface area contributed by atoms with Crippen molar-refractivity contribution in [1.29, 1.82) is 0 Å². The molecule has 0 saturated carbocycles. The number of hydrogen-bond donors (Lipinski definition) is 2. The number of benzene rings is 1. The molecular weight excluding hydrogens is 410 g/mol. The molecule has 4 amide bonds. The maximum absolute atomic E-state index is 13.1. The lowest BCUT2D eigenvalue weighted by Crippen LogP contribution is -2.54. The summed E-state index contributed by atoms with van der Waals surface area (Å²) in [6.07, 6.45) is 3.82. The number of imide groups is 2. The van der Waals surface area contributed by atoms with Crippen LogP contribution in [0.3, 0.4) is 0 Å². The van der Waals surface area contributed by atoms with Crippen LogP contribution in [0.25, 0.3) is 0 Å². The average Bonchev–Trinajstić information content (AvgIpc) is 3.05. The van der Waals surface area contributed by atoms with Gasteiger partial charge in [0.2, 0.25) is 11.8 Å². The van der Waals surface area contributed by atoms with Crippen molar-refractivity contribution in [3.63, 3.8) is 0 Å². The van der Waals surface area contributed by atoms with E-state index in [1.165, 1.54) is 5.56 Å². The van der Waals surface area contributed by atoms with E-state index in [9.17, 15) is 19.2 Å². The molecule has 2 saturated heterocycles. The summed E-state index contributed by atoms with van der Waals surface area (Å²) in [7, 11) is 0. The van der Waals surface area contributed by atoms with E-state index in [1.54, 1.807) is 24.5 Å². The summed E-state index contributed by atoms with van der Waals surface area (Å²) in [5, 5.41) is 5.64. The number of carbonyl (C=O) groups is 4. The topological polar surface area (TPSA) is 112 Å². The van der Waals surface area contributed by atoms with Crippen molar-refractivity contribution in [2.75, 3.05) is 19.6 Å². The van der Waals surface area contributed by atoms with Gasteiger partial charge in [-0.15, -0.1) is 0 Å². The Hall–Kier alpha value is -3.43. The van der Waals surface area contributed by atoms with E-state index < -0.39 is 23.8 Å². The normalized spacial score (nSPS) is 23.9. The number of piperazine rings is 1. The number of aromatic nitrogens is 1. The van der Waals surface area contributed by atoms with Crippen molar-refractivity contribution in [1.82, 2.24) is 25.4 Å². The Morgan fingerprint density at radius 3 is 2.53 bits per heavy atom. The first-order valence-electron chi connectivity index (χ1n) is 10.7. The first-order valence-corrected chi connectivity index (χ1v) is 10.7. The number of nitrogens with zero attached hydrogens (tertiary/aromatic N) is 3. The number of amides is 4. The summed E-state index contributed by atoms with van der Waals surface area (Å²) in [4.78, 5) is 57.1. The van der Waals surface area contributed by atoms with Crippen molar-refractivity contribution in [3.8, 4) is 0 Å². The van der Waals surface area contributed by atoms with E-state index in [2.05, 4.69) is 20.5 Å². The number of fused-ring (bicyclic) bond motifs is 1. The summed E-state index contributed by atoms with van der Waals surface area (Å²) >= 11 is 0. The quantitative estimate of drug-likeness (QED) is 0.680. The zero-order valence-electron chi connectivity index (χ0n) is 17.4. The molecule has 2 N–H and O–H groups in total. The Labute approximate surface area is 184 Å². The van der Waals surface area contributed by atoms with Gasteiger partial charge < -0.3 is 5.32 Å². The number of piperidine rings is 1. The van der Waals surface area contributed by atoms with Crippen molar-refractivity contribution in [2.45, 2.75) is 31.5 Å². The van der Waals surface area contributed by atoms with Crippen LogP contribution in [-0.4, -0.2) is 64.1 Å². The predicted molar refractivity (Wildman–Crippen MR) is 113 cm³/mol. The van der Waals surface area contributed by atoms with Crippen LogP contribution in [0.2, 0.25) is 0 Å². The Kier molecular flexibility index (Phi) is 5.28. The molecule has 2 aromatic rings. The van der Waals surface area contributed by atoms with E-state index in [1.807, 2.05) is 18.2 Å². The minimum absolute atomic E-state index is 0.106. The van der Waals surface area contributed by atoms with Crippen LogP contribution in [0.1, 0.15) is 50.7 Å². The highest BCUT2D eigenvalue weighted by Gasteiger charge is 2.44. The van der Waals surface area contributed by atoms with E-state index in [4.69, 9.17) is 0 Å². The third-order valence-electron chi connectivity index (χ3n) is 6.33. The van der Waals surface area contributed by atoms with E-state index >= 15 is 0 Å². The third kappa shape index (κ3) is 3.59. The second-order valence-corrected chi connectivity index (χ2v) is 8.30. The first kappa shape index (κ1) is 20.5. The maximum Gasteiger partial charge on any atom is 0.262 e. The Morgan fingerprint density at radius 2 is 1.75 bits per heavy atom. The first-order chi connectivity index (χ1) is 15.5. The molecule has 2 unspecified atom stereocenters. The molecule has 3 aliphatic heterocycles. The molecule has 2 fully saturated rings. The van der Waals surface area contributed by atoms with Crippen molar-refractivity contribution < 1.29 is 19.2 Å². The van der Waals surface area contributed by atoms with Gasteiger partial charge in [0, 0.05) is 51.0 Å². The smallest absolute Gasteiger partial charge is 0.262 e. The minimum atomic E-state index is -0.951. The molecule has 9 nitrogen and oxygen atoms in total. The zero-order valence-corrected chi connectivity index (χ0v) is 17.4. The number of pyridine rings is 1. The molecule has 164 valence electrons. The van der Waals surface area contributed by atoms with E-state index in [0.29, 0.717) is 17.7 Å². The van der Waals surface area contributed by atoms with Crippen molar-refractivity contribution in [2.24, 2.45) is 0 Å². The minimum Gasteiger partial charge on any atom is -0.314 e. The highest BCUT2D eigenvalue weighted by molar-refractivity contribution is 6.23. The van der Waals surface area contributed by atoms with Crippen LogP contribution in [0.15, 0.2) is 42.7 Å². The molecule has 3 aliphatic rings. The van der Waals surface area contributed by atoms with Crippen molar-refractivity contribution in [3.05, 3.63) is 65.0 Å². The molecule has 0 spiro atoms. The van der Waals surface area contributed by atoms with Gasteiger partial charge >= 0.3 is 0 Å². The summed E-state index contributed by atoms with van der Waals surface area (Å²) in [6.45, 7) is 3.16. The highest BCUT2D eigenvalue weighted by atomic mass is 16.2. The fraction of sp³-hybridized carbons (Fsp3) is 0.348. The zero-order chi connectivity index (χ0) is 22.2. The molecule has 4 heterocycles. The summed E-state index contributed by atoms with van der Waals surface area (Å²) in [5.74, 6) is -1.95. The number of nitrogens with one attached hydrogen (secondary N) is 2. The van der Waals surface area contributed by atoms with Gasteiger partial charge in [-0.2, -0.15) is 0 Å². The predicted octanol–water partition coefficient (Wildman–Crippen LogP) is 0.629. The third-order valence-corrected chi connectivity index (χ3v) is 6.33. The highest BCUT2D eigenvalue weighted by Crippen LogP contribution is 2.30. The van der Waals surface area contributed by atoms with Crippen LogP contribution in [-0.2, 0) is 16.1 Å². The molecule has 1 aromatic heterocycles. The summed E-state index contributed by atoms with van der Waals surface area (Å²) in [6, 6.07) is 8.53. The molecule has 1 aromatic carbocycles. The second kappa shape index (κ2) is 8.25. The van der Waals surface area contributed by atoms with Gasteiger partial charge in [-0.3, -0.25) is 39.3 Å². The van der Waals surface area contributed by atoms with Gasteiger partial charge in [-0.05, 0) is 41.8 Å². The van der Waals surface area contributed by atoms with Gasteiger partial charge in [0.25, 0.3) is 11.8 Å². The van der Waals surface area contributed by atoms with Gasteiger partial charge in [0.1, 0.15) is 6.04 Å². The molecule has 0 aliphatic carbocycles. The van der Waals surface area contributed by atoms with Crippen LogP contribution in [0.4, 0.5) is 0 Å². The number of hydrogen-bond acceptors (Lipinski definition) is 7. The largest absolute Gasteiger partial charge is 0.314 e. The molecular formula is C23H23N5O4. The summed E-state index contributed by atoms with van der Waals surface area (Å²) < 4.78 is 0. The van der Waals surface area contributed by atoms with Gasteiger partial charge in [-0.25, -0.2) is 0 Å². The molecule has 0 bridgehead atoms. The lowest BCUT2D eigenvalue weighted by atomic mass is 10.0. The Balaban J connectivity index is 1.38. The summed E-state index contributed by atoms with van der Waals surface area (Å²) in [5.41, 5.74) is 2.71. The van der Waals surface area contributed by atoms with Crippen LogP contribution >= 0.6 is 0 Å². The van der Waals surface area contributed by atoms with Gasteiger partial charge in [0.05, 0.1) is 11.1 Å². The number of carbonyl (C=O) groups excluding carboxylic acids is 4. The van der Waals surface area contributed by atoms with Crippen LogP contribution in [0, 0.1) is 0 Å². The molecule has 2 atom stereocenters. The van der Waals surface area contributed by atoms with Crippen LogP contribution in [0.5, 0.6) is 0 Å². The molecule has 0 radical (unpaired) electrons. The van der Waals surface area contributed by atoms with Gasteiger partial charge in [0.15, 0.2) is 0 Å². The molecule has 32 heavy (non-hydrogen) atoms. The second-order valence-electron chi connectivity index (χ2n) is 8.30. The van der Waals surface area contributed by atoms with Gasteiger partial charge in [-0.1, -0.05) is 6.07 Å². The molecule has 9 heteroatoms. The number of rotatable bonds is 4. The van der Waals surface area contributed by atoms with Crippen molar-refractivity contribution >= 4 is 23.6 Å². The fourth-order valence-electron chi connectivity index (χ4n) is 4.70. The SMILES string of the molecule is O=C1CCC(N2C(=O)c3ccc(CN4CCNCC4c4ccncc4)cc3C2=O)C(=O)N1. The van der Waals surface area contributed by atoms with Crippen LogP contribution < -0.4 is 10.6 Å². The average molecular weight is 433 g/mol. The van der Waals surface area contributed by atoms with E-state index in [-0.39, 0.29) is 24.8 Å². The monoisotopic (exact) mass is 433 g/mol. The maximum atomic E-state index is 13.1. The Morgan fingerprint density at radius 1 is 0.969 bits per heavy atom.